The quantitative estimate of drug-likeness (QED) is 0.423. The molecule has 1 atom stereocenters. The first-order valence-electron chi connectivity index (χ1n) is 8.82. The Bertz CT molecular complexity index is 1110. The molecule has 2 nitrogen and oxygen atoms in total. The van der Waals surface area contributed by atoms with Crippen LogP contribution in [-0.4, -0.2) is 12.1 Å². The van der Waals surface area contributed by atoms with E-state index in [1.807, 2.05) is 30.3 Å². The molecule has 0 saturated heterocycles. The summed E-state index contributed by atoms with van der Waals surface area (Å²) in [5.41, 5.74) is 4.40. The Labute approximate surface area is 163 Å². The highest BCUT2D eigenvalue weighted by Gasteiger charge is 2.19. The predicted octanol–water partition coefficient (Wildman–Crippen LogP) is 5.66. The Balaban J connectivity index is 1.77. The zero-order valence-corrected chi connectivity index (χ0v) is 15.9. The fraction of sp³-hybridized carbons (Fsp3) is 0.125. The third kappa shape index (κ3) is 3.72. The Hall–Kier alpha value is -3.09. The van der Waals surface area contributed by atoms with Gasteiger partial charge >= 0.3 is 0 Å². The number of benzene rings is 3. The van der Waals surface area contributed by atoms with Crippen LogP contribution in [0.15, 0.2) is 72.8 Å². The second-order valence-corrected chi connectivity index (χ2v) is 7.46. The van der Waals surface area contributed by atoms with Crippen LogP contribution in [0.4, 0.5) is 0 Å². The van der Waals surface area contributed by atoms with Crippen molar-refractivity contribution in [3.63, 3.8) is 0 Å². The number of thiazole rings is 1. The number of fused-ring (bicyclic) bond motifs is 1. The van der Waals surface area contributed by atoms with Crippen LogP contribution in [0.3, 0.4) is 0 Å². The van der Waals surface area contributed by atoms with Gasteiger partial charge in [0.25, 0.3) is 0 Å². The van der Waals surface area contributed by atoms with Crippen LogP contribution in [0, 0.1) is 12.3 Å². The van der Waals surface area contributed by atoms with Crippen LogP contribution in [-0.2, 0) is 6.42 Å². The van der Waals surface area contributed by atoms with Crippen LogP contribution in [0.5, 0.6) is 5.75 Å². The van der Waals surface area contributed by atoms with Crippen molar-refractivity contribution in [3.8, 4) is 18.1 Å². The topological polar surface area (TPSA) is 22.1 Å². The van der Waals surface area contributed by atoms with E-state index in [4.69, 9.17) is 16.1 Å². The van der Waals surface area contributed by atoms with Gasteiger partial charge in [-0.05, 0) is 47.9 Å². The predicted molar refractivity (Wildman–Crippen MR) is 113 cm³/mol. The fourth-order valence-corrected chi connectivity index (χ4v) is 4.38. The van der Waals surface area contributed by atoms with E-state index in [0.29, 0.717) is 0 Å². The van der Waals surface area contributed by atoms with E-state index in [0.717, 1.165) is 33.0 Å². The summed E-state index contributed by atoms with van der Waals surface area (Å²) in [5, 5.41) is 1.11. The molecule has 0 aliphatic carbocycles. The molecule has 4 rings (SSSR count). The number of hydrogen-bond acceptors (Lipinski definition) is 3. The lowest BCUT2D eigenvalue weighted by Gasteiger charge is -2.15. The molecule has 0 aliphatic rings. The minimum Gasteiger partial charge on any atom is -0.497 e. The zero-order valence-electron chi connectivity index (χ0n) is 15.1. The molecule has 132 valence electrons. The number of hydrogen-bond donors (Lipinski definition) is 0. The van der Waals surface area contributed by atoms with Gasteiger partial charge in [0.15, 0.2) is 0 Å². The van der Waals surface area contributed by atoms with E-state index < -0.39 is 0 Å². The molecular weight excluding hydrogens is 350 g/mol. The van der Waals surface area contributed by atoms with Gasteiger partial charge in [0, 0.05) is 11.5 Å². The second kappa shape index (κ2) is 7.65. The number of rotatable bonds is 5. The molecule has 0 fully saturated rings. The van der Waals surface area contributed by atoms with Crippen LogP contribution in [0.25, 0.3) is 10.2 Å². The summed E-state index contributed by atoms with van der Waals surface area (Å²) in [6, 6.07) is 24.8. The average molecular weight is 369 g/mol. The van der Waals surface area contributed by atoms with E-state index >= 15 is 0 Å². The lowest BCUT2D eigenvalue weighted by Crippen LogP contribution is -2.05. The average Bonchev–Trinajstić information content (AvgIpc) is 3.15. The molecule has 0 bridgehead atoms. The SMILES string of the molecule is C#Cc1cccc(CC(c2ccccc2)c2nc3ccc(OC)cc3s2)c1. The lowest BCUT2D eigenvalue weighted by molar-refractivity contribution is 0.415. The molecule has 1 unspecified atom stereocenters. The van der Waals surface area contributed by atoms with Gasteiger partial charge in [-0.1, -0.05) is 48.4 Å². The number of terminal acetylenes is 1. The molecule has 1 heterocycles. The van der Waals surface area contributed by atoms with E-state index in [2.05, 4.69) is 48.4 Å². The van der Waals surface area contributed by atoms with Crippen LogP contribution >= 0.6 is 11.3 Å². The molecule has 0 amide bonds. The van der Waals surface area contributed by atoms with Crippen molar-refractivity contribution in [2.45, 2.75) is 12.3 Å². The number of aromatic nitrogens is 1. The minimum absolute atomic E-state index is 0.183. The molecule has 3 aromatic carbocycles. The molecule has 27 heavy (non-hydrogen) atoms. The molecule has 1 aromatic heterocycles. The van der Waals surface area contributed by atoms with E-state index in [9.17, 15) is 0 Å². The molecule has 3 heteroatoms. The first-order chi connectivity index (χ1) is 13.3. The van der Waals surface area contributed by atoms with Gasteiger partial charge in [-0.15, -0.1) is 17.8 Å². The van der Waals surface area contributed by atoms with Gasteiger partial charge in [0.1, 0.15) is 10.8 Å². The van der Waals surface area contributed by atoms with Crippen molar-refractivity contribution in [3.05, 3.63) is 94.5 Å². The van der Waals surface area contributed by atoms with Crippen LogP contribution < -0.4 is 4.74 Å². The molecule has 0 radical (unpaired) electrons. The standard InChI is InChI=1S/C24H19NOS/c1-3-17-8-7-9-18(14-17)15-21(19-10-5-4-6-11-19)24-25-22-13-12-20(26-2)16-23(22)27-24/h1,4-14,16,21H,15H2,2H3. The Morgan fingerprint density at radius 2 is 1.89 bits per heavy atom. The third-order valence-electron chi connectivity index (χ3n) is 4.65. The Morgan fingerprint density at radius 1 is 1.04 bits per heavy atom. The smallest absolute Gasteiger partial charge is 0.120 e. The van der Waals surface area contributed by atoms with E-state index in [1.54, 1.807) is 18.4 Å². The lowest BCUT2D eigenvalue weighted by atomic mass is 9.92. The number of nitrogens with zero attached hydrogens (tertiary/aromatic N) is 1. The van der Waals surface area contributed by atoms with E-state index in [1.165, 1.54) is 11.1 Å². The molecule has 0 N–H and O–H groups in total. The van der Waals surface area contributed by atoms with Gasteiger partial charge < -0.3 is 4.74 Å². The normalized spacial score (nSPS) is 11.9. The Kier molecular flexibility index (Phi) is 4.91. The van der Waals surface area contributed by atoms with Gasteiger partial charge in [-0.2, -0.15) is 0 Å². The van der Waals surface area contributed by atoms with Gasteiger partial charge in [0.2, 0.25) is 0 Å². The number of methoxy groups -OCH3 is 1. The van der Waals surface area contributed by atoms with Crippen molar-refractivity contribution >= 4 is 21.6 Å². The fourth-order valence-electron chi connectivity index (χ4n) is 3.26. The highest BCUT2D eigenvalue weighted by Crippen LogP contribution is 2.35. The van der Waals surface area contributed by atoms with Crippen molar-refractivity contribution in [1.82, 2.24) is 4.98 Å². The molecule has 4 aromatic rings. The van der Waals surface area contributed by atoms with E-state index in [-0.39, 0.29) is 5.92 Å². The van der Waals surface area contributed by atoms with Crippen LogP contribution in [0.1, 0.15) is 27.6 Å². The maximum absolute atomic E-state index is 5.58. The summed E-state index contributed by atoms with van der Waals surface area (Å²) in [6.45, 7) is 0. The van der Waals surface area contributed by atoms with Gasteiger partial charge in [-0.25, -0.2) is 4.98 Å². The summed E-state index contributed by atoms with van der Waals surface area (Å²) in [4.78, 5) is 4.93. The highest BCUT2D eigenvalue weighted by molar-refractivity contribution is 7.18. The van der Waals surface area contributed by atoms with Crippen molar-refractivity contribution in [2.75, 3.05) is 7.11 Å². The molecule has 0 spiro atoms. The zero-order chi connectivity index (χ0) is 18.6. The maximum Gasteiger partial charge on any atom is 0.120 e. The largest absolute Gasteiger partial charge is 0.497 e. The summed E-state index contributed by atoms with van der Waals surface area (Å²) < 4.78 is 6.50. The Morgan fingerprint density at radius 3 is 2.67 bits per heavy atom. The molecular formula is C24H19NOS. The van der Waals surface area contributed by atoms with Gasteiger partial charge in [0.05, 0.1) is 17.3 Å². The first-order valence-corrected chi connectivity index (χ1v) is 9.63. The monoisotopic (exact) mass is 369 g/mol. The van der Waals surface area contributed by atoms with Crippen molar-refractivity contribution < 1.29 is 4.74 Å². The van der Waals surface area contributed by atoms with Crippen molar-refractivity contribution in [1.29, 1.82) is 0 Å². The van der Waals surface area contributed by atoms with Gasteiger partial charge in [-0.3, -0.25) is 0 Å². The first kappa shape index (κ1) is 17.3. The second-order valence-electron chi connectivity index (χ2n) is 6.40. The third-order valence-corrected chi connectivity index (χ3v) is 5.78. The molecule has 0 saturated carbocycles. The summed E-state index contributed by atoms with van der Waals surface area (Å²) >= 11 is 1.73. The molecule has 0 aliphatic heterocycles. The maximum atomic E-state index is 5.58. The minimum atomic E-state index is 0.183. The van der Waals surface area contributed by atoms with Crippen molar-refractivity contribution in [2.24, 2.45) is 0 Å². The highest BCUT2D eigenvalue weighted by atomic mass is 32.1. The summed E-state index contributed by atoms with van der Waals surface area (Å²) in [5.74, 6) is 3.77. The summed E-state index contributed by atoms with van der Waals surface area (Å²) in [7, 11) is 1.69. The number of ether oxygens (including phenoxy) is 1. The van der Waals surface area contributed by atoms with Crippen LogP contribution in [0.2, 0.25) is 0 Å². The summed E-state index contributed by atoms with van der Waals surface area (Å²) in [6.07, 6.45) is 6.44.